The Balaban J connectivity index is 1.48. The molecule has 4 rings (SSSR count). The van der Waals surface area contributed by atoms with E-state index in [9.17, 15) is 13.2 Å². The minimum atomic E-state index is -3.93. The Labute approximate surface area is 210 Å². The minimum Gasteiger partial charge on any atom is -0.492 e. The molecule has 2 N–H and O–H groups in total. The smallest absolute Gasteiger partial charge is 0.261 e. The number of rotatable bonds is 10. The van der Waals surface area contributed by atoms with Crippen LogP contribution in [0.5, 0.6) is 11.5 Å². The molecule has 0 fully saturated rings. The quantitative estimate of drug-likeness (QED) is 0.289. The van der Waals surface area contributed by atoms with Crippen molar-refractivity contribution in [2.75, 3.05) is 16.6 Å². The lowest BCUT2D eigenvalue weighted by molar-refractivity contribution is 0.102. The minimum absolute atomic E-state index is 0.0151. The van der Waals surface area contributed by atoms with Gasteiger partial charge in [0, 0.05) is 11.3 Å². The molecule has 0 aliphatic carbocycles. The fourth-order valence-electron chi connectivity index (χ4n) is 3.41. The standard InChI is InChI=1S/C28H26N2O5S/c1-2-34-27-18-17-25(19-26(27)29-28(31)22-11-7-4-8-12-22)36(32,33)30-23-13-15-24(16-14-23)35-20-21-9-5-3-6-10-21/h3-19,30H,2,20H2,1H3,(H,29,31). The largest absolute Gasteiger partial charge is 0.492 e. The van der Waals surface area contributed by atoms with Gasteiger partial charge < -0.3 is 14.8 Å². The number of nitrogens with one attached hydrogen (secondary N) is 2. The van der Waals surface area contributed by atoms with Crippen LogP contribution in [0.25, 0.3) is 0 Å². The average molecular weight is 503 g/mol. The van der Waals surface area contributed by atoms with Crippen molar-refractivity contribution in [2.24, 2.45) is 0 Å². The van der Waals surface area contributed by atoms with Gasteiger partial charge in [0.1, 0.15) is 18.1 Å². The Hall–Kier alpha value is -4.30. The maximum Gasteiger partial charge on any atom is 0.261 e. The van der Waals surface area contributed by atoms with Gasteiger partial charge in [-0.3, -0.25) is 9.52 Å². The van der Waals surface area contributed by atoms with Crippen LogP contribution in [0, 0.1) is 0 Å². The SMILES string of the molecule is CCOc1ccc(S(=O)(=O)Nc2ccc(OCc3ccccc3)cc2)cc1NC(=O)c1ccccc1. The molecule has 0 saturated heterocycles. The molecule has 8 heteroatoms. The molecular formula is C28H26N2O5S. The summed E-state index contributed by atoms with van der Waals surface area (Å²) in [5, 5.41) is 2.75. The number of sulfonamides is 1. The Morgan fingerprint density at radius 3 is 2.14 bits per heavy atom. The number of carbonyl (C=O) groups is 1. The Bertz CT molecular complexity index is 1410. The van der Waals surface area contributed by atoms with E-state index in [-0.39, 0.29) is 16.5 Å². The van der Waals surface area contributed by atoms with Crippen LogP contribution in [0.1, 0.15) is 22.8 Å². The molecule has 0 spiro atoms. The molecule has 0 saturated carbocycles. The fraction of sp³-hybridized carbons (Fsp3) is 0.107. The van der Waals surface area contributed by atoms with Crippen molar-refractivity contribution in [1.82, 2.24) is 0 Å². The summed E-state index contributed by atoms with van der Waals surface area (Å²) in [6.45, 7) is 2.58. The Kier molecular flexibility index (Phi) is 7.87. The number of benzene rings is 4. The van der Waals surface area contributed by atoms with E-state index in [1.54, 1.807) is 48.5 Å². The number of ether oxygens (including phenoxy) is 2. The lowest BCUT2D eigenvalue weighted by atomic mass is 10.2. The summed E-state index contributed by atoms with van der Waals surface area (Å²) in [6.07, 6.45) is 0. The number of hydrogen-bond acceptors (Lipinski definition) is 5. The molecule has 4 aromatic carbocycles. The highest BCUT2D eigenvalue weighted by Gasteiger charge is 2.18. The van der Waals surface area contributed by atoms with E-state index in [1.807, 2.05) is 43.3 Å². The van der Waals surface area contributed by atoms with Crippen molar-refractivity contribution >= 4 is 27.3 Å². The lowest BCUT2D eigenvalue weighted by Crippen LogP contribution is -2.16. The second-order valence-electron chi connectivity index (χ2n) is 7.82. The molecule has 4 aromatic rings. The fourth-order valence-corrected chi connectivity index (χ4v) is 4.50. The summed E-state index contributed by atoms with van der Waals surface area (Å²) >= 11 is 0. The van der Waals surface area contributed by atoms with Gasteiger partial charge in [0.15, 0.2) is 0 Å². The van der Waals surface area contributed by atoms with E-state index in [1.165, 1.54) is 18.2 Å². The first-order chi connectivity index (χ1) is 17.4. The monoisotopic (exact) mass is 502 g/mol. The van der Waals surface area contributed by atoms with Crippen molar-refractivity contribution in [3.05, 3.63) is 114 Å². The van der Waals surface area contributed by atoms with Gasteiger partial charge in [-0.15, -0.1) is 0 Å². The van der Waals surface area contributed by atoms with E-state index in [0.717, 1.165) is 5.56 Å². The molecule has 1 amide bonds. The number of carbonyl (C=O) groups excluding carboxylic acids is 1. The van der Waals surface area contributed by atoms with Crippen LogP contribution < -0.4 is 19.5 Å². The van der Waals surface area contributed by atoms with Gasteiger partial charge in [0.05, 0.1) is 17.2 Å². The molecule has 0 aromatic heterocycles. The van der Waals surface area contributed by atoms with Crippen LogP contribution in [0.2, 0.25) is 0 Å². The van der Waals surface area contributed by atoms with Gasteiger partial charge in [0.2, 0.25) is 0 Å². The first-order valence-corrected chi connectivity index (χ1v) is 12.9. The summed E-state index contributed by atoms with van der Waals surface area (Å²) in [7, 11) is -3.93. The molecule has 0 heterocycles. The van der Waals surface area contributed by atoms with E-state index >= 15 is 0 Å². The van der Waals surface area contributed by atoms with Crippen LogP contribution in [0.4, 0.5) is 11.4 Å². The third-order valence-electron chi connectivity index (χ3n) is 5.20. The van der Waals surface area contributed by atoms with Crippen molar-refractivity contribution in [1.29, 1.82) is 0 Å². The Morgan fingerprint density at radius 1 is 0.806 bits per heavy atom. The third-order valence-corrected chi connectivity index (χ3v) is 6.58. The van der Waals surface area contributed by atoms with Gasteiger partial charge in [-0.05, 0) is 67.1 Å². The summed E-state index contributed by atoms with van der Waals surface area (Å²) < 4.78 is 40.1. The maximum atomic E-state index is 13.1. The second-order valence-corrected chi connectivity index (χ2v) is 9.50. The second kappa shape index (κ2) is 11.4. The average Bonchev–Trinajstić information content (AvgIpc) is 2.90. The van der Waals surface area contributed by atoms with Crippen LogP contribution >= 0.6 is 0 Å². The molecule has 0 radical (unpaired) electrons. The number of amides is 1. The summed E-state index contributed by atoms with van der Waals surface area (Å²) in [4.78, 5) is 12.6. The van der Waals surface area contributed by atoms with E-state index < -0.39 is 10.0 Å². The maximum absolute atomic E-state index is 13.1. The van der Waals surface area contributed by atoms with Crippen LogP contribution in [-0.4, -0.2) is 20.9 Å². The first-order valence-electron chi connectivity index (χ1n) is 11.4. The van der Waals surface area contributed by atoms with Gasteiger partial charge in [-0.1, -0.05) is 48.5 Å². The zero-order chi connectivity index (χ0) is 25.4. The van der Waals surface area contributed by atoms with Crippen LogP contribution in [0.15, 0.2) is 108 Å². The van der Waals surface area contributed by atoms with Gasteiger partial charge >= 0.3 is 0 Å². The van der Waals surface area contributed by atoms with Crippen molar-refractivity contribution in [2.45, 2.75) is 18.4 Å². The number of hydrogen-bond donors (Lipinski definition) is 2. The predicted molar refractivity (Wildman–Crippen MR) is 140 cm³/mol. The summed E-state index contributed by atoms with van der Waals surface area (Å²) in [5.41, 5.74) is 2.12. The third kappa shape index (κ3) is 6.43. The molecule has 0 aliphatic rings. The van der Waals surface area contributed by atoms with Gasteiger partial charge in [0.25, 0.3) is 15.9 Å². The van der Waals surface area contributed by atoms with Crippen molar-refractivity contribution < 1.29 is 22.7 Å². The van der Waals surface area contributed by atoms with E-state index in [4.69, 9.17) is 9.47 Å². The molecule has 0 unspecified atom stereocenters. The molecule has 0 atom stereocenters. The molecule has 36 heavy (non-hydrogen) atoms. The van der Waals surface area contributed by atoms with E-state index in [2.05, 4.69) is 10.0 Å². The Morgan fingerprint density at radius 2 is 1.47 bits per heavy atom. The van der Waals surface area contributed by atoms with Crippen LogP contribution in [0.3, 0.4) is 0 Å². The summed E-state index contributed by atoms with van der Waals surface area (Å²) in [6, 6.07) is 29.4. The molecule has 0 bridgehead atoms. The van der Waals surface area contributed by atoms with Crippen LogP contribution in [-0.2, 0) is 16.6 Å². The first kappa shape index (κ1) is 24.8. The van der Waals surface area contributed by atoms with Gasteiger partial charge in [-0.2, -0.15) is 0 Å². The van der Waals surface area contributed by atoms with E-state index in [0.29, 0.717) is 36.0 Å². The zero-order valence-electron chi connectivity index (χ0n) is 19.7. The zero-order valence-corrected chi connectivity index (χ0v) is 20.5. The topological polar surface area (TPSA) is 93.7 Å². The molecule has 0 aliphatic heterocycles. The number of anilines is 2. The van der Waals surface area contributed by atoms with Crippen molar-refractivity contribution in [3.63, 3.8) is 0 Å². The highest BCUT2D eigenvalue weighted by molar-refractivity contribution is 7.92. The molecule has 184 valence electrons. The highest BCUT2D eigenvalue weighted by atomic mass is 32.2. The highest BCUT2D eigenvalue weighted by Crippen LogP contribution is 2.29. The normalized spacial score (nSPS) is 10.9. The lowest BCUT2D eigenvalue weighted by Gasteiger charge is -2.15. The molecular weight excluding hydrogens is 476 g/mol. The van der Waals surface area contributed by atoms with Gasteiger partial charge in [-0.25, -0.2) is 8.42 Å². The molecule has 7 nitrogen and oxygen atoms in total. The summed E-state index contributed by atoms with van der Waals surface area (Å²) in [5.74, 6) is 0.625. The predicted octanol–water partition coefficient (Wildman–Crippen LogP) is 5.72. The van der Waals surface area contributed by atoms with Crippen molar-refractivity contribution in [3.8, 4) is 11.5 Å².